The molecule has 0 spiro atoms. The number of rotatable bonds is 4. The normalized spacial score (nSPS) is 20.3. The molecule has 0 bridgehead atoms. The van der Waals surface area contributed by atoms with Gasteiger partial charge in [-0.1, -0.05) is 12.1 Å². The van der Waals surface area contributed by atoms with E-state index in [2.05, 4.69) is 23.7 Å². The van der Waals surface area contributed by atoms with Gasteiger partial charge in [-0.3, -0.25) is 24.7 Å². The average molecular weight is 368 g/mol. The maximum Gasteiger partial charge on any atom is 0.274 e. The smallest absolute Gasteiger partial charge is 0.274 e. The molecule has 2 aromatic rings. The van der Waals surface area contributed by atoms with Crippen molar-refractivity contribution >= 4 is 11.8 Å². The Balaban J connectivity index is 1.65. The third-order valence-electron chi connectivity index (χ3n) is 4.88. The molecule has 0 saturated carbocycles. The Morgan fingerprint density at radius 3 is 2.19 bits per heavy atom. The zero-order valence-electron chi connectivity index (χ0n) is 15.5. The number of hydroxylamine groups is 1. The molecule has 7 heteroatoms. The summed E-state index contributed by atoms with van der Waals surface area (Å²) in [4.78, 5) is 32.5. The topological polar surface area (TPSA) is 85.8 Å². The highest BCUT2D eigenvalue weighted by Crippen LogP contribution is 2.20. The molecule has 0 unspecified atom stereocenters. The summed E-state index contributed by atoms with van der Waals surface area (Å²) < 4.78 is 0. The molecule has 1 aromatic heterocycles. The third kappa shape index (κ3) is 4.32. The van der Waals surface area contributed by atoms with Crippen LogP contribution in [-0.4, -0.2) is 57.0 Å². The number of piperazine rings is 1. The first-order valence-corrected chi connectivity index (χ1v) is 8.98. The first-order chi connectivity index (χ1) is 13.0. The van der Waals surface area contributed by atoms with Crippen LogP contribution in [0.1, 0.15) is 40.1 Å². The number of amides is 2. The minimum atomic E-state index is -0.521. The van der Waals surface area contributed by atoms with Crippen LogP contribution < -0.4 is 5.48 Å². The van der Waals surface area contributed by atoms with Crippen molar-refractivity contribution in [3.05, 3.63) is 65.5 Å². The van der Waals surface area contributed by atoms with Gasteiger partial charge in [-0.2, -0.15) is 0 Å². The number of carbonyl (C=O) groups is 2. The molecule has 142 valence electrons. The van der Waals surface area contributed by atoms with Gasteiger partial charge in [-0.25, -0.2) is 5.48 Å². The number of pyridine rings is 1. The van der Waals surface area contributed by atoms with Gasteiger partial charge in [-0.15, -0.1) is 0 Å². The van der Waals surface area contributed by atoms with E-state index in [-0.39, 0.29) is 18.0 Å². The Morgan fingerprint density at radius 1 is 1.04 bits per heavy atom. The van der Waals surface area contributed by atoms with E-state index in [0.29, 0.717) is 11.1 Å². The lowest BCUT2D eigenvalue weighted by Gasteiger charge is -2.44. The van der Waals surface area contributed by atoms with Crippen LogP contribution in [0.4, 0.5) is 0 Å². The van der Waals surface area contributed by atoms with E-state index < -0.39 is 5.91 Å². The maximum absolute atomic E-state index is 12.8. The molecule has 27 heavy (non-hydrogen) atoms. The van der Waals surface area contributed by atoms with Gasteiger partial charge in [0.25, 0.3) is 11.8 Å². The van der Waals surface area contributed by atoms with Crippen LogP contribution in [-0.2, 0) is 6.54 Å². The monoisotopic (exact) mass is 368 g/mol. The maximum atomic E-state index is 12.8. The van der Waals surface area contributed by atoms with Crippen LogP contribution in [0.15, 0.2) is 48.8 Å². The van der Waals surface area contributed by atoms with Crippen molar-refractivity contribution in [1.82, 2.24) is 20.3 Å². The summed E-state index contributed by atoms with van der Waals surface area (Å²) in [6, 6.07) is 10.8. The van der Waals surface area contributed by atoms with Gasteiger partial charge in [0.15, 0.2) is 0 Å². The van der Waals surface area contributed by atoms with Crippen LogP contribution in [0.25, 0.3) is 0 Å². The molecular formula is C20H24N4O3. The standard InChI is InChI=1S/C20H24N4O3/c1-14-11-23(13-16-3-5-17(6-4-16)19(25)22-27)12-15(2)24(14)20(26)18-7-9-21-10-8-18/h3-10,14-15,27H,11-13H2,1-2H3,(H,22,25)/t14-,15+. The molecule has 1 aliphatic rings. The fourth-order valence-electron chi connectivity index (χ4n) is 3.69. The molecule has 2 atom stereocenters. The SMILES string of the molecule is C[C@@H]1CN(Cc2ccc(C(=O)NO)cc2)C[C@H](C)N1C(=O)c1ccncc1. The van der Waals surface area contributed by atoms with Crippen molar-refractivity contribution in [3.8, 4) is 0 Å². The van der Waals surface area contributed by atoms with Crippen LogP contribution >= 0.6 is 0 Å². The van der Waals surface area contributed by atoms with Crippen molar-refractivity contribution in [2.45, 2.75) is 32.5 Å². The molecule has 2 N–H and O–H groups in total. The van der Waals surface area contributed by atoms with Gasteiger partial charge in [0, 0.05) is 55.2 Å². The van der Waals surface area contributed by atoms with Crippen molar-refractivity contribution in [1.29, 1.82) is 0 Å². The van der Waals surface area contributed by atoms with Crippen molar-refractivity contribution in [2.24, 2.45) is 0 Å². The molecule has 7 nitrogen and oxygen atoms in total. The Bertz CT molecular complexity index is 783. The van der Waals surface area contributed by atoms with E-state index >= 15 is 0 Å². The first-order valence-electron chi connectivity index (χ1n) is 8.98. The van der Waals surface area contributed by atoms with Crippen LogP contribution in [0.5, 0.6) is 0 Å². The average Bonchev–Trinajstić information content (AvgIpc) is 2.68. The number of hydrogen-bond donors (Lipinski definition) is 2. The largest absolute Gasteiger partial charge is 0.331 e. The van der Waals surface area contributed by atoms with Gasteiger partial charge in [0.2, 0.25) is 0 Å². The molecule has 1 aliphatic heterocycles. The number of carbonyl (C=O) groups excluding carboxylic acids is 2. The van der Waals surface area contributed by atoms with Crippen LogP contribution in [0, 0.1) is 0 Å². The number of nitrogens with one attached hydrogen (secondary N) is 1. The van der Waals surface area contributed by atoms with Gasteiger partial charge < -0.3 is 4.90 Å². The lowest BCUT2D eigenvalue weighted by atomic mass is 10.0. The highest BCUT2D eigenvalue weighted by molar-refractivity contribution is 5.94. The van der Waals surface area contributed by atoms with E-state index in [4.69, 9.17) is 5.21 Å². The minimum absolute atomic E-state index is 0.0384. The summed E-state index contributed by atoms with van der Waals surface area (Å²) in [7, 11) is 0. The fourth-order valence-corrected chi connectivity index (χ4v) is 3.69. The molecule has 1 fully saturated rings. The molecule has 1 aromatic carbocycles. The van der Waals surface area contributed by atoms with Gasteiger partial charge in [0.05, 0.1) is 0 Å². The van der Waals surface area contributed by atoms with E-state index in [0.717, 1.165) is 25.2 Å². The molecule has 2 heterocycles. The Labute approximate surface area is 158 Å². The molecule has 1 saturated heterocycles. The van der Waals surface area contributed by atoms with E-state index in [1.807, 2.05) is 17.0 Å². The minimum Gasteiger partial charge on any atom is -0.331 e. The fraction of sp³-hybridized carbons (Fsp3) is 0.350. The second-order valence-corrected chi connectivity index (χ2v) is 6.98. The van der Waals surface area contributed by atoms with E-state index in [1.165, 1.54) is 0 Å². The van der Waals surface area contributed by atoms with E-state index in [9.17, 15) is 9.59 Å². The molecule has 2 amide bonds. The van der Waals surface area contributed by atoms with Crippen molar-refractivity contribution in [3.63, 3.8) is 0 Å². The van der Waals surface area contributed by atoms with Gasteiger partial charge >= 0.3 is 0 Å². The summed E-state index contributed by atoms with van der Waals surface area (Å²) >= 11 is 0. The second kappa shape index (κ2) is 8.28. The Morgan fingerprint density at radius 2 is 1.63 bits per heavy atom. The van der Waals surface area contributed by atoms with Gasteiger partial charge in [-0.05, 0) is 43.7 Å². The number of hydrogen-bond acceptors (Lipinski definition) is 5. The van der Waals surface area contributed by atoms with Crippen molar-refractivity contribution < 1.29 is 14.8 Å². The summed E-state index contributed by atoms with van der Waals surface area (Å²) in [5.74, 6) is -0.483. The highest BCUT2D eigenvalue weighted by atomic mass is 16.5. The molecular weight excluding hydrogens is 344 g/mol. The van der Waals surface area contributed by atoms with Crippen LogP contribution in [0.2, 0.25) is 0 Å². The lowest BCUT2D eigenvalue weighted by molar-refractivity contribution is 0.0268. The van der Waals surface area contributed by atoms with E-state index in [1.54, 1.807) is 42.1 Å². The predicted octanol–water partition coefficient (Wildman–Crippen LogP) is 1.94. The molecule has 0 radical (unpaired) electrons. The summed E-state index contributed by atoms with van der Waals surface area (Å²) in [6.45, 7) is 6.43. The zero-order chi connectivity index (χ0) is 19.4. The first kappa shape index (κ1) is 19.0. The highest BCUT2D eigenvalue weighted by Gasteiger charge is 2.33. The molecule has 3 rings (SSSR count). The number of benzene rings is 1. The number of nitrogens with zero attached hydrogens (tertiary/aromatic N) is 3. The predicted molar refractivity (Wildman–Crippen MR) is 100 cm³/mol. The Kier molecular flexibility index (Phi) is 5.83. The summed E-state index contributed by atoms with van der Waals surface area (Å²) in [5.41, 5.74) is 3.79. The summed E-state index contributed by atoms with van der Waals surface area (Å²) in [5, 5.41) is 8.69. The lowest BCUT2D eigenvalue weighted by Crippen LogP contribution is -2.58. The third-order valence-corrected chi connectivity index (χ3v) is 4.88. The zero-order valence-corrected chi connectivity index (χ0v) is 15.5. The quantitative estimate of drug-likeness (QED) is 0.636. The molecule has 0 aliphatic carbocycles. The van der Waals surface area contributed by atoms with Gasteiger partial charge in [0.1, 0.15) is 0 Å². The summed E-state index contributed by atoms with van der Waals surface area (Å²) in [6.07, 6.45) is 3.28. The Hall–Kier alpha value is -2.77. The second-order valence-electron chi connectivity index (χ2n) is 6.98. The number of aromatic nitrogens is 1. The van der Waals surface area contributed by atoms with Crippen LogP contribution in [0.3, 0.4) is 0 Å². The van der Waals surface area contributed by atoms with Crippen molar-refractivity contribution in [2.75, 3.05) is 13.1 Å².